The summed E-state index contributed by atoms with van der Waals surface area (Å²) in [6.07, 6.45) is 0.382. The first-order valence-electron chi connectivity index (χ1n) is 12.5. The van der Waals surface area contributed by atoms with Gasteiger partial charge in [-0.05, 0) is 61.2 Å². The second kappa shape index (κ2) is 10.2. The Morgan fingerprint density at radius 3 is 2.26 bits per heavy atom. The van der Waals surface area contributed by atoms with Crippen LogP contribution in [0.3, 0.4) is 0 Å². The number of urea groups is 1. The van der Waals surface area contributed by atoms with Gasteiger partial charge in [-0.3, -0.25) is 19.4 Å². The van der Waals surface area contributed by atoms with Gasteiger partial charge in [0.25, 0.3) is 0 Å². The van der Waals surface area contributed by atoms with Crippen LogP contribution in [0.2, 0.25) is 0 Å². The molecule has 0 saturated carbocycles. The molecular weight excluding hydrogens is 492 g/mol. The summed E-state index contributed by atoms with van der Waals surface area (Å²) in [5.74, 6) is -2.71. The molecule has 0 spiro atoms. The maximum Gasteiger partial charge on any atom is 0.324 e. The molecule has 0 aromatic heterocycles. The number of carbonyl (C=O) groups excluding carboxylic acids is 2. The third-order valence-corrected chi connectivity index (χ3v) is 7.47. The highest BCUT2D eigenvalue weighted by Gasteiger charge is 2.46. The average molecular weight is 520 g/mol. The number of hydrogen-bond donors (Lipinski definition) is 1. The van der Waals surface area contributed by atoms with Crippen LogP contribution in [0.5, 0.6) is 0 Å². The van der Waals surface area contributed by atoms with Gasteiger partial charge in [0.15, 0.2) is 0 Å². The number of fused-ring (bicyclic) bond motifs is 1. The molecular formula is C29H27F2N3O4. The van der Waals surface area contributed by atoms with E-state index < -0.39 is 28.9 Å². The Morgan fingerprint density at radius 2 is 1.58 bits per heavy atom. The summed E-state index contributed by atoms with van der Waals surface area (Å²) in [7, 11) is 0. The van der Waals surface area contributed by atoms with E-state index in [1.54, 1.807) is 47.4 Å². The van der Waals surface area contributed by atoms with Gasteiger partial charge in [0.05, 0.1) is 16.8 Å². The van der Waals surface area contributed by atoms with Crippen molar-refractivity contribution in [2.75, 3.05) is 29.4 Å². The van der Waals surface area contributed by atoms with E-state index in [1.807, 2.05) is 0 Å². The molecule has 3 amide bonds. The molecule has 7 nitrogen and oxygen atoms in total. The number of para-hydroxylation sites is 2. The normalized spacial score (nSPS) is 16.2. The standard InChI is InChI=1S/C29H27F2N3O4/c30-21-11-10-20-12-15-33(25(20)18-21)28(38)32-16-13-29(14-17-32,27(36)37)19-26(35)34(22-6-2-1-3-7-22)24-9-5-4-8-23(24)31/h1-11,18H,12-17,19H2,(H,36,37). The Bertz CT molecular complexity index is 1370. The molecule has 0 bridgehead atoms. The minimum absolute atomic E-state index is 0.0387. The van der Waals surface area contributed by atoms with Crippen molar-refractivity contribution in [2.24, 2.45) is 5.41 Å². The van der Waals surface area contributed by atoms with Crippen molar-refractivity contribution >= 4 is 35.0 Å². The Balaban J connectivity index is 1.35. The number of carbonyl (C=O) groups is 3. The van der Waals surface area contributed by atoms with E-state index in [9.17, 15) is 28.3 Å². The van der Waals surface area contributed by atoms with Crippen molar-refractivity contribution in [1.82, 2.24) is 4.90 Å². The highest BCUT2D eigenvalue weighted by atomic mass is 19.1. The second-order valence-corrected chi connectivity index (χ2v) is 9.72. The minimum atomic E-state index is -1.42. The molecule has 0 aliphatic carbocycles. The number of aliphatic carboxylic acids is 1. The zero-order valence-electron chi connectivity index (χ0n) is 20.6. The number of amides is 3. The van der Waals surface area contributed by atoms with Gasteiger partial charge in [0.2, 0.25) is 5.91 Å². The van der Waals surface area contributed by atoms with Gasteiger partial charge >= 0.3 is 12.0 Å². The molecule has 0 atom stereocenters. The lowest BCUT2D eigenvalue weighted by atomic mass is 9.75. The Morgan fingerprint density at radius 1 is 0.895 bits per heavy atom. The summed E-state index contributed by atoms with van der Waals surface area (Å²) in [4.78, 5) is 43.7. The molecule has 0 unspecified atom stereocenters. The van der Waals surface area contributed by atoms with Crippen LogP contribution in [0, 0.1) is 17.0 Å². The van der Waals surface area contributed by atoms with Crippen molar-refractivity contribution in [3.63, 3.8) is 0 Å². The van der Waals surface area contributed by atoms with Crippen molar-refractivity contribution in [3.05, 3.63) is 90.0 Å². The Labute approximate surface area is 218 Å². The zero-order valence-corrected chi connectivity index (χ0v) is 20.6. The summed E-state index contributed by atoms with van der Waals surface area (Å²) >= 11 is 0. The van der Waals surface area contributed by atoms with E-state index in [0.717, 1.165) is 5.56 Å². The molecule has 2 aliphatic heterocycles. The maximum atomic E-state index is 14.8. The number of hydrogen-bond acceptors (Lipinski definition) is 3. The average Bonchev–Trinajstić information content (AvgIpc) is 3.33. The third-order valence-electron chi connectivity index (χ3n) is 7.47. The molecule has 2 heterocycles. The number of likely N-dealkylation sites (tertiary alicyclic amines) is 1. The Hall–Kier alpha value is -4.27. The van der Waals surface area contributed by atoms with Crippen molar-refractivity contribution in [3.8, 4) is 0 Å². The summed E-state index contributed by atoms with van der Waals surface area (Å²) in [6, 6.07) is 18.5. The number of nitrogens with zero attached hydrogens (tertiary/aromatic N) is 3. The van der Waals surface area contributed by atoms with E-state index >= 15 is 0 Å². The minimum Gasteiger partial charge on any atom is -0.481 e. The summed E-state index contributed by atoms with van der Waals surface area (Å²) in [6.45, 7) is 0.681. The van der Waals surface area contributed by atoms with E-state index in [0.29, 0.717) is 24.3 Å². The first-order valence-corrected chi connectivity index (χ1v) is 12.5. The van der Waals surface area contributed by atoms with Crippen LogP contribution >= 0.6 is 0 Å². The van der Waals surface area contributed by atoms with Gasteiger partial charge in [-0.25, -0.2) is 13.6 Å². The van der Waals surface area contributed by atoms with Crippen LogP contribution in [0.1, 0.15) is 24.8 Å². The Kier molecular flexibility index (Phi) is 6.84. The molecule has 1 saturated heterocycles. The fraction of sp³-hybridized carbons (Fsp3) is 0.276. The molecule has 2 aliphatic rings. The lowest BCUT2D eigenvalue weighted by molar-refractivity contribution is -0.154. The van der Waals surface area contributed by atoms with E-state index in [2.05, 4.69) is 0 Å². The molecule has 3 aromatic carbocycles. The van der Waals surface area contributed by atoms with Crippen molar-refractivity contribution < 1.29 is 28.3 Å². The van der Waals surface area contributed by atoms with Crippen LogP contribution in [0.15, 0.2) is 72.8 Å². The maximum absolute atomic E-state index is 14.8. The molecule has 1 fully saturated rings. The monoisotopic (exact) mass is 519 g/mol. The van der Waals surface area contributed by atoms with E-state index in [1.165, 1.54) is 40.1 Å². The van der Waals surface area contributed by atoms with Gasteiger partial charge in [0.1, 0.15) is 11.6 Å². The van der Waals surface area contributed by atoms with Crippen molar-refractivity contribution in [2.45, 2.75) is 25.7 Å². The predicted octanol–water partition coefficient (Wildman–Crippen LogP) is 5.37. The van der Waals surface area contributed by atoms with Gasteiger partial charge in [-0.1, -0.05) is 36.4 Å². The first-order chi connectivity index (χ1) is 18.3. The summed E-state index contributed by atoms with van der Waals surface area (Å²) < 4.78 is 28.6. The smallest absolute Gasteiger partial charge is 0.324 e. The highest BCUT2D eigenvalue weighted by molar-refractivity contribution is 6.02. The number of carboxylic acids is 1. The largest absolute Gasteiger partial charge is 0.481 e. The number of rotatable bonds is 5. The highest BCUT2D eigenvalue weighted by Crippen LogP contribution is 2.39. The summed E-state index contributed by atoms with van der Waals surface area (Å²) in [5.41, 5.74) is 0.466. The van der Waals surface area contributed by atoms with Gasteiger partial charge < -0.3 is 10.0 Å². The number of piperidine rings is 1. The zero-order chi connectivity index (χ0) is 26.9. The topological polar surface area (TPSA) is 81.2 Å². The summed E-state index contributed by atoms with van der Waals surface area (Å²) in [5, 5.41) is 10.2. The second-order valence-electron chi connectivity index (χ2n) is 9.72. The SMILES string of the molecule is O=C(N1CCC(CC(=O)N(c2ccccc2)c2ccccc2F)(C(=O)O)CC1)N1CCc2ccc(F)cc21. The third kappa shape index (κ3) is 4.71. The molecule has 38 heavy (non-hydrogen) atoms. The number of carboxylic acid groups (broad SMARTS) is 1. The van der Waals surface area contributed by atoms with Crippen LogP contribution in [0.25, 0.3) is 0 Å². The molecule has 3 aromatic rings. The molecule has 196 valence electrons. The number of benzene rings is 3. The predicted molar refractivity (Wildman–Crippen MR) is 138 cm³/mol. The number of halogens is 2. The quantitative estimate of drug-likeness (QED) is 0.492. The van der Waals surface area contributed by atoms with Crippen LogP contribution in [-0.2, 0) is 16.0 Å². The fourth-order valence-corrected chi connectivity index (χ4v) is 5.31. The van der Waals surface area contributed by atoms with E-state index in [-0.39, 0.29) is 44.1 Å². The first kappa shape index (κ1) is 25.4. The van der Waals surface area contributed by atoms with E-state index in [4.69, 9.17) is 0 Å². The van der Waals surface area contributed by atoms with Crippen LogP contribution < -0.4 is 9.80 Å². The molecule has 0 radical (unpaired) electrons. The number of anilines is 3. The lowest BCUT2D eigenvalue weighted by Crippen LogP contribution is -2.51. The van der Waals surface area contributed by atoms with Gasteiger partial charge in [0, 0.05) is 31.7 Å². The van der Waals surface area contributed by atoms with Crippen LogP contribution in [-0.4, -0.2) is 47.5 Å². The molecule has 9 heteroatoms. The molecule has 5 rings (SSSR count). The van der Waals surface area contributed by atoms with Gasteiger partial charge in [-0.15, -0.1) is 0 Å². The van der Waals surface area contributed by atoms with Crippen LogP contribution in [0.4, 0.5) is 30.6 Å². The van der Waals surface area contributed by atoms with Crippen molar-refractivity contribution in [1.29, 1.82) is 0 Å². The van der Waals surface area contributed by atoms with Gasteiger partial charge in [-0.2, -0.15) is 0 Å². The fourth-order valence-electron chi connectivity index (χ4n) is 5.31. The lowest BCUT2D eigenvalue weighted by Gasteiger charge is -2.40. The molecule has 1 N–H and O–H groups in total.